The molecule has 1 amide bonds. The molecule has 1 aliphatic carbocycles. The Labute approximate surface area is 167 Å². The van der Waals surface area contributed by atoms with E-state index >= 15 is 0 Å². The zero-order chi connectivity index (χ0) is 20.1. The van der Waals surface area contributed by atoms with E-state index in [4.69, 9.17) is 9.47 Å². The fourth-order valence-electron chi connectivity index (χ4n) is 4.06. The van der Waals surface area contributed by atoms with Gasteiger partial charge >= 0.3 is 0 Å². The smallest absolute Gasteiger partial charge is 0.248 e. The molecule has 1 saturated carbocycles. The molecule has 28 heavy (non-hydrogen) atoms. The summed E-state index contributed by atoms with van der Waals surface area (Å²) in [5.41, 5.74) is 1.38. The van der Waals surface area contributed by atoms with E-state index in [1.165, 1.54) is 0 Å². The highest BCUT2D eigenvalue weighted by atomic mass is 16.5. The van der Waals surface area contributed by atoms with E-state index < -0.39 is 5.54 Å². The molecule has 1 N–H and O–H groups in total. The fourth-order valence-corrected chi connectivity index (χ4v) is 4.06. The van der Waals surface area contributed by atoms with Crippen molar-refractivity contribution in [3.63, 3.8) is 0 Å². The molecule has 1 atom stereocenters. The summed E-state index contributed by atoms with van der Waals surface area (Å²) in [5.74, 6) is 1.73. The predicted molar refractivity (Wildman–Crippen MR) is 112 cm³/mol. The van der Waals surface area contributed by atoms with E-state index in [1.807, 2.05) is 67.4 Å². The molecule has 0 aromatic heterocycles. The van der Waals surface area contributed by atoms with Gasteiger partial charge in [-0.1, -0.05) is 31.0 Å². The highest BCUT2D eigenvalue weighted by Gasteiger charge is 2.44. The van der Waals surface area contributed by atoms with Crippen LogP contribution in [0.2, 0.25) is 0 Å². The van der Waals surface area contributed by atoms with Crippen molar-refractivity contribution in [1.29, 1.82) is 0 Å². The topological polar surface area (TPSA) is 50.8 Å². The summed E-state index contributed by atoms with van der Waals surface area (Å²) in [4.78, 5) is 15.5. The molecule has 0 radical (unpaired) electrons. The molecular formula is C23H30N2O3. The van der Waals surface area contributed by atoms with Gasteiger partial charge in [0, 0.05) is 18.3 Å². The number of anilines is 1. The van der Waals surface area contributed by atoms with Gasteiger partial charge in [0.1, 0.15) is 17.0 Å². The Balaban J connectivity index is 1.83. The number of hydrogen-bond acceptors (Lipinski definition) is 4. The van der Waals surface area contributed by atoms with Crippen LogP contribution in [0.15, 0.2) is 48.5 Å². The number of hydrogen-bond donors (Lipinski definition) is 1. The van der Waals surface area contributed by atoms with Crippen LogP contribution in [0.1, 0.15) is 44.2 Å². The van der Waals surface area contributed by atoms with E-state index in [0.717, 1.165) is 48.4 Å². The van der Waals surface area contributed by atoms with Crippen molar-refractivity contribution in [3.05, 3.63) is 54.1 Å². The number of nitrogens with one attached hydrogen (secondary N) is 1. The molecule has 0 saturated heterocycles. The minimum atomic E-state index is -0.570. The summed E-state index contributed by atoms with van der Waals surface area (Å²) in [7, 11) is 5.20. The monoisotopic (exact) mass is 382 g/mol. The summed E-state index contributed by atoms with van der Waals surface area (Å²) in [6.45, 7) is 2.05. The quantitative estimate of drug-likeness (QED) is 0.757. The molecule has 1 unspecified atom stereocenters. The molecule has 5 heteroatoms. The lowest BCUT2D eigenvalue weighted by Crippen LogP contribution is -2.51. The maximum Gasteiger partial charge on any atom is 0.248 e. The Hall–Kier alpha value is -2.69. The van der Waals surface area contributed by atoms with Crippen LogP contribution in [0.3, 0.4) is 0 Å². The Morgan fingerprint density at radius 2 is 1.68 bits per heavy atom. The number of carbonyl (C=O) groups is 1. The lowest BCUT2D eigenvalue weighted by atomic mass is 9.93. The predicted octanol–water partition coefficient (Wildman–Crippen LogP) is 4.65. The summed E-state index contributed by atoms with van der Waals surface area (Å²) in [5, 5.41) is 3.54. The van der Waals surface area contributed by atoms with E-state index in [2.05, 4.69) is 5.32 Å². The van der Waals surface area contributed by atoms with Gasteiger partial charge < -0.3 is 19.7 Å². The van der Waals surface area contributed by atoms with Crippen LogP contribution in [0.4, 0.5) is 5.69 Å². The normalized spacial score (nSPS) is 16.3. The van der Waals surface area contributed by atoms with E-state index in [1.54, 1.807) is 14.2 Å². The number of methoxy groups -OCH3 is 2. The van der Waals surface area contributed by atoms with Crippen molar-refractivity contribution in [2.75, 3.05) is 26.6 Å². The van der Waals surface area contributed by atoms with Gasteiger partial charge in [-0.3, -0.25) is 4.79 Å². The number of rotatable bonds is 7. The van der Waals surface area contributed by atoms with Gasteiger partial charge in [-0.2, -0.15) is 0 Å². The molecule has 1 fully saturated rings. The molecule has 5 nitrogen and oxygen atoms in total. The van der Waals surface area contributed by atoms with Crippen molar-refractivity contribution in [2.24, 2.45) is 0 Å². The SMILES string of the molecule is COc1ccc(NC2(C(=O)N(C)C(C)c3ccccc3OC)CCCC2)cc1. The number of carbonyl (C=O) groups excluding carboxylic acids is 1. The van der Waals surface area contributed by atoms with Crippen molar-refractivity contribution in [3.8, 4) is 11.5 Å². The molecule has 2 aromatic rings. The number of benzene rings is 2. The number of ether oxygens (including phenoxy) is 2. The lowest BCUT2D eigenvalue weighted by Gasteiger charge is -2.37. The average Bonchev–Trinajstić information content (AvgIpc) is 3.22. The van der Waals surface area contributed by atoms with Crippen LogP contribution in [-0.4, -0.2) is 37.6 Å². The minimum Gasteiger partial charge on any atom is -0.497 e. The van der Waals surface area contributed by atoms with E-state index in [9.17, 15) is 4.79 Å². The standard InChI is InChI=1S/C23H30N2O3/c1-17(20-9-5-6-10-21(20)28-4)25(2)22(26)23(15-7-8-16-23)24-18-11-13-19(27-3)14-12-18/h5-6,9-14,17,24H,7-8,15-16H2,1-4H3. The minimum absolute atomic E-state index is 0.0845. The molecule has 0 bridgehead atoms. The zero-order valence-corrected chi connectivity index (χ0v) is 17.2. The van der Waals surface area contributed by atoms with Gasteiger partial charge in [-0.15, -0.1) is 0 Å². The number of amides is 1. The Kier molecular flexibility index (Phi) is 6.12. The average molecular weight is 383 g/mol. The zero-order valence-electron chi connectivity index (χ0n) is 17.2. The van der Waals surface area contributed by atoms with Gasteiger partial charge in [0.15, 0.2) is 0 Å². The molecule has 0 aliphatic heterocycles. The summed E-state index contributed by atoms with van der Waals surface area (Å²) in [6, 6.07) is 15.6. The van der Waals surface area contributed by atoms with Crippen molar-refractivity contribution >= 4 is 11.6 Å². The second kappa shape index (κ2) is 8.55. The van der Waals surface area contributed by atoms with Crippen LogP contribution in [0.5, 0.6) is 11.5 Å². The lowest BCUT2D eigenvalue weighted by molar-refractivity contribution is -0.136. The van der Waals surface area contributed by atoms with Gasteiger partial charge in [-0.25, -0.2) is 0 Å². The van der Waals surface area contributed by atoms with Crippen molar-refractivity contribution in [2.45, 2.75) is 44.2 Å². The van der Waals surface area contributed by atoms with E-state index in [0.29, 0.717) is 0 Å². The van der Waals surface area contributed by atoms with Gasteiger partial charge in [0.2, 0.25) is 5.91 Å². The fraction of sp³-hybridized carbons (Fsp3) is 0.435. The van der Waals surface area contributed by atoms with Crippen molar-refractivity contribution in [1.82, 2.24) is 4.90 Å². The van der Waals surface area contributed by atoms with Crippen LogP contribution < -0.4 is 14.8 Å². The van der Waals surface area contributed by atoms with Crippen LogP contribution in [-0.2, 0) is 4.79 Å². The molecule has 1 aliphatic rings. The second-order valence-corrected chi connectivity index (χ2v) is 7.48. The third kappa shape index (κ3) is 3.93. The highest BCUT2D eigenvalue weighted by molar-refractivity contribution is 5.90. The van der Waals surface area contributed by atoms with Gasteiger partial charge in [0.25, 0.3) is 0 Å². The number of nitrogens with zero attached hydrogens (tertiary/aromatic N) is 1. The first-order valence-corrected chi connectivity index (χ1v) is 9.83. The summed E-state index contributed by atoms with van der Waals surface area (Å²) >= 11 is 0. The largest absolute Gasteiger partial charge is 0.497 e. The third-order valence-corrected chi connectivity index (χ3v) is 5.83. The van der Waals surface area contributed by atoms with E-state index in [-0.39, 0.29) is 11.9 Å². The second-order valence-electron chi connectivity index (χ2n) is 7.48. The third-order valence-electron chi connectivity index (χ3n) is 5.83. The van der Waals surface area contributed by atoms with Crippen molar-refractivity contribution < 1.29 is 14.3 Å². The molecule has 0 spiro atoms. The molecule has 2 aromatic carbocycles. The first-order valence-electron chi connectivity index (χ1n) is 9.83. The highest BCUT2D eigenvalue weighted by Crippen LogP contribution is 2.37. The Morgan fingerprint density at radius 3 is 2.29 bits per heavy atom. The Bertz CT molecular complexity index is 798. The molecular weight excluding hydrogens is 352 g/mol. The first kappa shape index (κ1) is 20.1. The van der Waals surface area contributed by atoms with Gasteiger partial charge in [0.05, 0.1) is 20.3 Å². The first-order chi connectivity index (χ1) is 13.5. The number of para-hydroxylation sites is 1. The molecule has 150 valence electrons. The molecule has 3 rings (SSSR count). The maximum absolute atomic E-state index is 13.6. The summed E-state index contributed by atoms with van der Waals surface area (Å²) in [6.07, 6.45) is 3.76. The molecule has 0 heterocycles. The Morgan fingerprint density at radius 1 is 1.04 bits per heavy atom. The van der Waals surface area contributed by atoms with Gasteiger partial charge in [-0.05, 0) is 50.1 Å². The summed E-state index contributed by atoms with van der Waals surface area (Å²) < 4.78 is 10.7. The van der Waals surface area contributed by atoms with Crippen LogP contribution >= 0.6 is 0 Å². The maximum atomic E-state index is 13.6. The van der Waals surface area contributed by atoms with Crippen LogP contribution in [0.25, 0.3) is 0 Å². The number of likely N-dealkylation sites (N-methyl/N-ethyl adjacent to an activating group) is 1. The van der Waals surface area contributed by atoms with Crippen LogP contribution in [0, 0.1) is 0 Å².